The zero-order valence-electron chi connectivity index (χ0n) is 10.7. The number of aromatic nitrogens is 1. The molecule has 96 valence electrons. The predicted molar refractivity (Wildman–Crippen MR) is 69.4 cm³/mol. The first-order valence-corrected chi connectivity index (χ1v) is 6.71. The molecule has 1 N–H and O–H groups in total. The highest BCUT2D eigenvalue weighted by Gasteiger charge is 2.31. The van der Waals surface area contributed by atoms with Crippen LogP contribution in [0, 0.1) is 6.92 Å². The maximum atomic E-state index is 12.4. The van der Waals surface area contributed by atoms with E-state index in [0.717, 1.165) is 25.2 Å². The van der Waals surface area contributed by atoms with Crippen LogP contribution in [-0.2, 0) is 0 Å². The van der Waals surface area contributed by atoms with Gasteiger partial charge in [-0.15, -0.1) is 0 Å². The van der Waals surface area contributed by atoms with Crippen molar-refractivity contribution in [3.8, 4) is 0 Å². The van der Waals surface area contributed by atoms with Crippen molar-refractivity contribution in [3.63, 3.8) is 0 Å². The van der Waals surface area contributed by atoms with Crippen molar-refractivity contribution in [3.05, 3.63) is 29.6 Å². The molecule has 18 heavy (non-hydrogen) atoms. The molecule has 1 aromatic heterocycles. The minimum absolute atomic E-state index is 0.0769. The molecule has 0 aromatic carbocycles. The van der Waals surface area contributed by atoms with E-state index < -0.39 is 0 Å². The molecular formula is C14H19N3O. The van der Waals surface area contributed by atoms with E-state index in [1.807, 2.05) is 30.0 Å². The van der Waals surface area contributed by atoms with Gasteiger partial charge in [0.1, 0.15) is 5.69 Å². The fourth-order valence-corrected chi connectivity index (χ4v) is 2.95. The van der Waals surface area contributed by atoms with Crippen molar-refractivity contribution in [2.75, 3.05) is 13.1 Å². The van der Waals surface area contributed by atoms with Gasteiger partial charge in [0.25, 0.3) is 5.91 Å². The summed E-state index contributed by atoms with van der Waals surface area (Å²) in [5.74, 6) is 0.0769. The Balaban J connectivity index is 1.76. The van der Waals surface area contributed by atoms with E-state index in [4.69, 9.17) is 0 Å². The lowest BCUT2D eigenvalue weighted by atomic mass is 10.1. The number of pyridine rings is 1. The van der Waals surface area contributed by atoms with E-state index in [1.54, 1.807) is 0 Å². The normalized spacial score (nSPS) is 27.1. The molecule has 4 nitrogen and oxygen atoms in total. The number of aryl methyl sites for hydroxylation is 1. The van der Waals surface area contributed by atoms with E-state index in [9.17, 15) is 4.79 Å². The van der Waals surface area contributed by atoms with Gasteiger partial charge < -0.3 is 10.2 Å². The lowest BCUT2D eigenvalue weighted by Crippen LogP contribution is -2.39. The highest BCUT2D eigenvalue weighted by Crippen LogP contribution is 2.21. The van der Waals surface area contributed by atoms with Gasteiger partial charge in [-0.25, -0.2) is 4.98 Å². The molecule has 2 unspecified atom stereocenters. The largest absolute Gasteiger partial charge is 0.336 e. The van der Waals surface area contributed by atoms with Gasteiger partial charge in [0, 0.05) is 30.9 Å². The standard InChI is InChI=1S/C14H19N3O/c1-10-3-2-4-13(15-10)14(18)17-8-7-11-5-6-12(9-17)16-11/h2-4,11-12,16H,5-9H2,1H3. The second-order valence-corrected chi connectivity index (χ2v) is 5.34. The average molecular weight is 245 g/mol. The van der Waals surface area contributed by atoms with E-state index >= 15 is 0 Å². The number of rotatable bonds is 1. The van der Waals surface area contributed by atoms with Gasteiger partial charge in [0.2, 0.25) is 0 Å². The zero-order chi connectivity index (χ0) is 12.5. The van der Waals surface area contributed by atoms with Gasteiger partial charge in [-0.3, -0.25) is 4.79 Å². The summed E-state index contributed by atoms with van der Waals surface area (Å²) in [6.45, 7) is 3.59. The lowest BCUT2D eigenvalue weighted by Gasteiger charge is -2.24. The molecule has 2 saturated heterocycles. The van der Waals surface area contributed by atoms with Crippen LogP contribution in [-0.4, -0.2) is 41.0 Å². The molecule has 3 rings (SSSR count). The van der Waals surface area contributed by atoms with Gasteiger partial charge in [-0.2, -0.15) is 0 Å². The maximum Gasteiger partial charge on any atom is 0.272 e. The second kappa shape index (κ2) is 4.69. The number of carbonyl (C=O) groups is 1. The molecule has 2 fully saturated rings. The smallest absolute Gasteiger partial charge is 0.272 e. The molecule has 3 heterocycles. The van der Waals surface area contributed by atoms with Crippen LogP contribution in [0.4, 0.5) is 0 Å². The third-order valence-corrected chi connectivity index (χ3v) is 3.92. The number of carbonyl (C=O) groups excluding carboxylic acids is 1. The first-order valence-electron chi connectivity index (χ1n) is 6.71. The highest BCUT2D eigenvalue weighted by atomic mass is 16.2. The Morgan fingerprint density at radius 2 is 2.17 bits per heavy atom. The number of amides is 1. The molecule has 0 spiro atoms. The number of nitrogens with one attached hydrogen (secondary N) is 1. The SMILES string of the molecule is Cc1cccc(C(=O)N2CCC3CCC(C2)N3)n1. The van der Waals surface area contributed by atoms with Crippen molar-refractivity contribution in [1.82, 2.24) is 15.2 Å². The van der Waals surface area contributed by atoms with E-state index in [1.165, 1.54) is 12.8 Å². The van der Waals surface area contributed by atoms with Gasteiger partial charge in [0.15, 0.2) is 0 Å². The van der Waals surface area contributed by atoms with E-state index in [-0.39, 0.29) is 5.91 Å². The summed E-state index contributed by atoms with van der Waals surface area (Å²) < 4.78 is 0. The van der Waals surface area contributed by atoms with E-state index in [2.05, 4.69) is 10.3 Å². The van der Waals surface area contributed by atoms with Gasteiger partial charge in [0.05, 0.1) is 0 Å². The molecule has 1 aromatic rings. The molecule has 4 heteroatoms. The number of hydrogen-bond donors (Lipinski definition) is 1. The van der Waals surface area contributed by atoms with Crippen molar-refractivity contribution < 1.29 is 4.79 Å². The fourth-order valence-electron chi connectivity index (χ4n) is 2.95. The van der Waals surface area contributed by atoms with Crippen LogP contribution < -0.4 is 5.32 Å². The molecule has 1 amide bonds. The molecule has 2 aliphatic heterocycles. The minimum Gasteiger partial charge on any atom is -0.336 e. The molecule has 0 radical (unpaired) electrons. The third kappa shape index (κ3) is 2.25. The van der Waals surface area contributed by atoms with Gasteiger partial charge >= 0.3 is 0 Å². The van der Waals surface area contributed by atoms with Gasteiger partial charge in [-0.05, 0) is 38.3 Å². The predicted octanol–water partition coefficient (Wildman–Crippen LogP) is 1.36. The summed E-state index contributed by atoms with van der Waals surface area (Å²) >= 11 is 0. The van der Waals surface area contributed by atoms with Crippen molar-refractivity contribution >= 4 is 5.91 Å². The molecule has 2 atom stereocenters. The summed E-state index contributed by atoms with van der Waals surface area (Å²) in [7, 11) is 0. The Labute approximate surface area is 107 Å². The topological polar surface area (TPSA) is 45.2 Å². The van der Waals surface area contributed by atoms with Crippen LogP contribution in [0.1, 0.15) is 35.4 Å². The van der Waals surface area contributed by atoms with Crippen LogP contribution in [0.25, 0.3) is 0 Å². The zero-order valence-corrected chi connectivity index (χ0v) is 10.7. The number of fused-ring (bicyclic) bond motifs is 2. The Hall–Kier alpha value is -1.42. The minimum atomic E-state index is 0.0769. The summed E-state index contributed by atoms with van der Waals surface area (Å²) in [5, 5.41) is 3.59. The third-order valence-electron chi connectivity index (χ3n) is 3.92. The van der Waals surface area contributed by atoms with Crippen molar-refractivity contribution in [1.29, 1.82) is 0 Å². The Morgan fingerprint density at radius 1 is 1.33 bits per heavy atom. The first-order chi connectivity index (χ1) is 8.72. The van der Waals surface area contributed by atoms with Crippen LogP contribution in [0.3, 0.4) is 0 Å². The average Bonchev–Trinajstić information content (AvgIpc) is 2.68. The van der Waals surface area contributed by atoms with Crippen LogP contribution >= 0.6 is 0 Å². The first kappa shape index (κ1) is 11.7. The molecule has 2 aliphatic rings. The lowest BCUT2D eigenvalue weighted by molar-refractivity contribution is 0.0742. The van der Waals surface area contributed by atoms with Crippen LogP contribution in [0.15, 0.2) is 18.2 Å². The molecule has 0 saturated carbocycles. The van der Waals surface area contributed by atoms with Crippen molar-refractivity contribution in [2.24, 2.45) is 0 Å². The van der Waals surface area contributed by atoms with Gasteiger partial charge in [-0.1, -0.05) is 6.07 Å². The van der Waals surface area contributed by atoms with E-state index in [0.29, 0.717) is 17.8 Å². The second-order valence-electron chi connectivity index (χ2n) is 5.34. The Kier molecular flexibility index (Phi) is 3.04. The summed E-state index contributed by atoms with van der Waals surface area (Å²) in [6, 6.07) is 6.72. The molecule has 0 aliphatic carbocycles. The van der Waals surface area contributed by atoms with Crippen LogP contribution in [0.5, 0.6) is 0 Å². The Bertz CT molecular complexity index is 460. The summed E-state index contributed by atoms with van der Waals surface area (Å²) in [6.07, 6.45) is 3.51. The van der Waals surface area contributed by atoms with Crippen molar-refractivity contribution in [2.45, 2.75) is 38.3 Å². The molecular weight excluding hydrogens is 226 g/mol. The quantitative estimate of drug-likeness (QED) is 0.812. The summed E-state index contributed by atoms with van der Waals surface area (Å²) in [4.78, 5) is 18.7. The summed E-state index contributed by atoms with van der Waals surface area (Å²) in [5.41, 5.74) is 1.48. The molecule has 2 bridgehead atoms. The number of likely N-dealkylation sites (tertiary alicyclic amines) is 1. The van der Waals surface area contributed by atoms with Crippen LogP contribution in [0.2, 0.25) is 0 Å². The number of hydrogen-bond acceptors (Lipinski definition) is 3. The number of nitrogens with zero attached hydrogens (tertiary/aromatic N) is 2. The highest BCUT2D eigenvalue weighted by molar-refractivity contribution is 5.92. The fraction of sp³-hybridized carbons (Fsp3) is 0.571. The monoisotopic (exact) mass is 245 g/mol. The maximum absolute atomic E-state index is 12.4. The Morgan fingerprint density at radius 3 is 3.00 bits per heavy atom.